The van der Waals surface area contributed by atoms with E-state index in [4.69, 9.17) is 10.5 Å². The fourth-order valence-electron chi connectivity index (χ4n) is 0.343. The fraction of sp³-hybridized carbons (Fsp3) is 0.714. The van der Waals surface area contributed by atoms with Crippen molar-refractivity contribution in [3.05, 3.63) is 12.7 Å². The van der Waals surface area contributed by atoms with E-state index in [0.29, 0.717) is 13.2 Å². The lowest BCUT2D eigenvalue weighted by atomic mass is 10.1. The molecule has 0 atom stereocenters. The topological polar surface area (TPSA) is 35.2 Å². The van der Waals surface area contributed by atoms with Crippen LogP contribution in [-0.4, -0.2) is 18.8 Å². The van der Waals surface area contributed by atoms with Gasteiger partial charge in [0.2, 0.25) is 0 Å². The minimum Gasteiger partial charge on any atom is -0.370 e. The number of rotatable bonds is 4. The first-order chi connectivity index (χ1) is 4.12. The van der Waals surface area contributed by atoms with Crippen LogP contribution in [0.15, 0.2) is 12.7 Å². The van der Waals surface area contributed by atoms with Crippen LogP contribution in [0.3, 0.4) is 0 Å². The minimum atomic E-state index is -0.200. The number of hydrogen-bond donors (Lipinski definition) is 1. The summed E-state index contributed by atoms with van der Waals surface area (Å²) in [5.74, 6) is 0. The van der Waals surface area contributed by atoms with E-state index in [1.165, 1.54) is 0 Å². The monoisotopic (exact) mass is 129 g/mol. The average molecular weight is 129 g/mol. The van der Waals surface area contributed by atoms with Crippen molar-refractivity contribution >= 4 is 0 Å². The van der Waals surface area contributed by atoms with Crippen molar-refractivity contribution in [2.45, 2.75) is 19.4 Å². The van der Waals surface area contributed by atoms with E-state index in [0.717, 1.165) is 0 Å². The second-order valence-corrected chi connectivity index (χ2v) is 2.56. The van der Waals surface area contributed by atoms with E-state index in [1.54, 1.807) is 6.08 Å². The van der Waals surface area contributed by atoms with Gasteiger partial charge in [-0.15, -0.1) is 6.58 Å². The number of hydrogen-bond acceptors (Lipinski definition) is 2. The molecule has 2 N–H and O–H groups in total. The van der Waals surface area contributed by atoms with Crippen LogP contribution in [0.5, 0.6) is 0 Å². The van der Waals surface area contributed by atoms with Gasteiger partial charge in [0.05, 0.1) is 12.2 Å². The highest BCUT2D eigenvalue weighted by molar-refractivity contribution is 4.73. The number of nitrogens with two attached hydrogens (primary N) is 1. The molecule has 0 spiro atoms. The third-order valence-corrected chi connectivity index (χ3v) is 1.08. The Labute approximate surface area is 56.7 Å². The molecular formula is C7H15NO. The van der Waals surface area contributed by atoms with Crippen molar-refractivity contribution in [3.63, 3.8) is 0 Å². The zero-order valence-electron chi connectivity index (χ0n) is 6.18. The Kier molecular flexibility index (Phi) is 3.50. The van der Waals surface area contributed by atoms with E-state index in [-0.39, 0.29) is 5.60 Å². The summed E-state index contributed by atoms with van der Waals surface area (Å²) in [6, 6.07) is 0. The molecule has 2 heteroatoms. The predicted octanol–water partition coefficient (Wildman–Crippen LogP) is 0.926. The summed E-state index contributed by atoms with van der Waals surface area (Å²) < 4.78 is 5.28. The molecule has 0 bridgehead atoms. The van der Waals surface area contributed by atoms with Gasteiger partial charge >= 0.3 is 0 Å². The highest BCUT2D eigenvalue weighted by Gasteiger charge is 2.13. The summed E-state index contributed by atoms with van der Waals surface area (Å²) in [4.78, 5) is 0. The van der Waals surface area contributed by atoms with Gasteiger partial charge in [-0.25, -0.2) is 0 Å². The Bertz CT molecular complexity index is 88.9. The van der Waals surface area contributed by atoms with Gasteiger partial charge in [0.25, 0.3) is 0 Å². The molecule has 0 rings (SSSR count). The van der Waals surface area contributed by atoms with Crippen molar-refractivity contribution in [1.82, 2.24) is 0 Å². The zero-order chi connectivity index (χ0) is 7.33. The molecule has 0 aliphatic heterocycles. The summed E-state index contributed by atoms with van der Waals surface area (Å²) >= 11 is 0. The summed E-state index contributed by atoms with van der Waals surface area (Å²) in [5.41, 5.74) is 5.19. The van der Waals surface area contributed by atoms with Gasteiger partial charge < -0.3 is 10.5 Å². The smallest absolute Gasteiger partial charge is 0.0752 e. The maximum atomic E-state index is 5.39. The standard InChI is InChI=1S/C7H15NO/c1-4-5-9-7(2,3)6-8/h4H,1,5-6,8H2,2-3H3. The molecule has 0 aromatic carbocycles. The van der Waals surface area contributed by atoms with Gasteiger partial charge in [-0.2, -0.15) is 0 Å². The summed E-state index contributed by atoms with van der Waals surface area (Å²) in [7, 11) is 0. The lowest BCUT2D eigenvalue weighted by Crippen LogP contribution is -2.33. The molecule has 0 aliphatic rings. The van der Waals surface area contributed by atoms with Crippen LogP contribution in [0.25, 0.3) is 0 Å². The van der Waals surface area contributed by atoms with Crippen LogP contribution < -0.4 is 5.73 Å². The largest absolute Gasteiger partial charge is 0.370 e. The van der Waals surface area contributed by atoms with Gasteiger partial charge in [-0.05, 0) is 13.8 Å². The maximum Gasteiger partial charge on any atom is 0.0752 e. The molecular weight excluding hydrogens is 114 g/mol. The van der Waals surface area contributed by atoms with Gasteiger partial charge in [0, 0.05) is 6.54 Å². The van der Waals surface area contributed by atoms with Crippen molar-refractivity contribution in [3.8, 4) is 0 Å². The maximum absolute atomic E-state index is 5.39. The molecule has 0 aromatic rings. The zero-order valence-corrected chi connectivity index (χ0v) is 6.18. The minimum absolute atomic E-state index is 0.200. The highest BCUT2D eigenvalue weighted by Crippen LogP contribution is 2.04. The van der Waals surface area contributed by atoms with Crippen LogP contribution in [-0.2, 0) is 4.74 Å². The molecule has 0 heterocycles. The Balaban J connectivity index is 3.44. The molecule has 0 saturated carbocycles. The summed E-state index contributed by atoms with van der Waals surface area (Å²) in [6.45, 7) is 8.56. The van der Waals surface area contributed by atoms with Crippen LogP contribution in [0.1, 0.15) is 13.8 Å². The van der Waals surface area contributed by atoms with E-state index in [9.17, 15) is 0 Å². The van der Waals surface area contributed by atoms with Crippen LogP contribution in [0.2, 0.25) is 0 Å². The van der Waals surface area contributed by atoms with Crippen LogP contribution in [0, 0.1) is 0 Å². The molecule has 0 saturated heterocycles. The molecule has 9 heavy (non-hydrogen) atoms. The Hall–Kier alpha value is -0.340. The molecule has 0 aromatic heterocycles. The second-order valence-electron chi connectivity index (χ2n) is 2.56. The Morgan fingerprint density at radius 1 is 1.67 bits per heavy atom. The Morgan fingerprint density at radius 3 is 2.56 bits per heavy atom. The van der Waals surface area contributed by atoms with Crippen molar-refractivity contribution < 1.29 is 4.74 Å². The van der Waals surface area contributed by atoms with Crippen molar-refractivity contribution in [2.75, 3.05) is 13.2 Å². The van der Waals surface area contributed by atoms with E-state index in [1.807, 2.05) is 13.8 Å². The van der Waals surface area contributed by atoms with E-state index < -0.39 is 0 Å². The molecule has 0 unspecified atom stereocenters. The number of ether oxygens (including phenoxy) is 1. The third-order valence-electron chi connectivity index (χ3n) is 1.08. The van der Waals surface area contributed by atoms with Gasteiger partial charge in [0.15, 0.2) is 0 Å². The molecule has 0 fully saturated rings. The van der Waals surface area contributed by atoms with Gasteiger partial charge in [-0.3, -0.25) is 0 Å². The third kappa shape index (κ3) is 4.18. The first kappa shape index (κ1) is 8.66. The predicted molar refractivity (Wildman–Crippen MR) is 39.3 cm³/mol. The normalized spacial score (nSPS) is 11.4. The second kappa shape index (κ2) is 3.64. The van der Waals surface area contributed by atoms with Crippen LogP contribution >= 0.6 is 0 Å². The Morgan fingerprint density at radius 2 is 2.22 bits per heavy atom. The lowest BCUT2D eigenvalue weighted by molar-refractivity contribution is 0.00692. The molecule has 2 nitrogen and oxygen atoms in total. The average Bonchev–Trinajstić information content (AvgIpc) is 1.84. The lowest BCUT2D eigenvalue weighted by Gasteiger charge is -2.21. The molecule has 0 amide bonds. The first-order valence-electron chi connectivity index (χ1n) is 3.07. The molecule has 0 radical (unpaired) electrons. The van der Waals surface area contributed by atoms with Crippen molar-refractivity contribution in [2.24, 2.45) is 5.73 Å². The quantitative estimate of drug-likeness (QED) is 0.573. The van der Waals surface area contributed by atoms with Crippen LogP contribution in [0.4, 0.5) is 0 Å². The molecule has 0 aliphatic carbocycles. The SMILES string of the molecule is C=CCOC(C)(C)CN. The van der Waals surface area contributed by atoms with Gasteiger partial charge in [-0.1, -0.05) is 6.08 Å². The van der Waals surface area contributed by atoms with Crippen molar-refractivity contribution in [1.29, 1.82) is 0 Å². The highest BCUT2D eigenvalue weighted by atomic mass is 16.5. The summed E-state index contributed by atoms with van der Waals surface area (Å²) in [6.07, 6.45) is 1.72. The van der Waals surface area contributed by atoms with Gasteiger partial charge in [0.1, 0.15) is 0 Å². The fourth-order valence-corrected chi connectivity index (χ4v) is 0.343. The van der Waals surface area contributed by atoms with E-state index >= 15 is 0 Å². The first-order valence-corrected chi connectivity index (χ1v) is 3.07. The summed E-state index contributed by atoms with van der Waals surface area (Å²) in [5, 5.41) is 0. The van der Waals surface area contributed by atoms with E-state index in [2.05, 4.69) is 6.58 Å². The molecule has 54 valence electrons.